The predicted molar refractivity (Wildman–Crippen MR) is 87.2 cm³/mol. The van der Waals surface area contributed by atoms with Gasteiger partial charge in [0.15, 0.2) is 0 Å². The molecule has 0 atom stereocenters. The fourth-order valence-electron chi connectivity index (χ4n) is 2.82. The number of carbonyl (C=O) groups is 1. The molecular formula is C16H16N4O4. The van der Waals surface area contributed by atoms with Gasteiger partial charge in [-0.05, 0) is 29.7 Å². The van der Waals surface area contributed by atoms with Gasteiger partial charge in [-0.3, -0.25) is 14.9 Å². The van der Waals surface area contributed by atoms with E-state index >= 15 is 0 Å². The Bertz CT molecular complexity index is 822. The number of rotatable bonds is 4. The van der Waals surface area contributed by atoms with Gasteiger partial charge in [0.25, 0.3) is 11.6 Å². The van der Waals surface area contributed by atoms with Crippen LogP contribution in [-0.4, -0.2) is 29.5 Å². The average molecular weight is 328 g/mol. The molecule has 0 aliphatic carbocycles. The number of fused-ring (bicyclic) bond motifs is 1. The van der Waals surface area contributed by atoms with E-state index in [1.807, 2.05) is 23.1 Å². The number of nitro groups is 1. The summed E-state index contributed by atoms with van der Waals surface area (Å²) in [5, 5.41) is 10.9. The molecule has 24 heavy (non-hydrogen) atoms. The monoisotopic (exact) mass is 328 g/mol. The third-order valence-corrected chi connectivity index (χ3v) is 4.05. The summed E-state index contributed by atoms with van der Waals surface area (Å²) in [5.74, 6) is 0.376. The van der Waals surface area contributed by atoms with Gasteiger partial charge in [-0.25, -0.2) is 4.98 Å². The molecule has 2 N–H and O–H groups in total. The highest BCUT2D eigenvalue weighted by atomic mass is 16.6. The molecule has 0 spiro atoms. The molecule has 0 fully saturated rings. The zero-order chi connectivity index (χ0) is 17.3. The van der Waals surface area contributed by atoms with Gasteiger partial charge in [-0.15, -0.1) is 0 Å². The van der Waals surface area contributed by atoms with Crippen LogP contribution < -0.4 is 15.4 Å². The second kappa shape index (κ2) is 6.15. The number of carbonyl (C=O) groups excluding carboxylic acids is 1. The van der Waals surface area contributed by atoms with Crippen molar-refractivity contribution in [3.63, 3.8) is 0 Å². The molecule has 2 heterocycles. The number of benzene rings is 1. The molecular weight excluding hydrogens is 312 g/mol. The minimum absolute atomic E-state index is 0.0514. The van der Waals surface area contributed by atoms with E-state index in [9.17, 15) is 14.9 Å². The van der Waals surface area contributed by atoms with Crippen molar-refractivity contribution in [2.45, 2.75) is 13.0 Å². The van der Waals surface area contributed by atoms with Gasteiger partial charge in [0.1, 0.15) is 17.8 Å². The summed E-state index contributed by atoms with van der Waals surface area (Å²) in [5.41, 5.74) is 7.45. The van der Waals surface area contributed by atoms with Crippen LogP contribution >= 0.6 is 0 Å². The minimum Gasteiger partial charge on any atom is -0.497 e. The molecule has 0 bridgehead atoms. The Hall–Kier alpha value is -3.16. The third-order valence-electron chi connectivity index (χ3n) is 4.05. The molecule has 1 aliphatic rings. The van der Waals surface area contributed by atoms with Crippen LogP contribution in [0.15, 0.2) is 30.5 Å². The lowest BCUT2D eigenvalue weighted by molar-refractivity contribution is -0.385. The van der Waals surface area contributed by atoms with Crippen LogP contribution in [0.4, 0.5) is 11.5 Å². The number of nitrogens with two attached hydrogens (primary N) is 1. The topological polar surface area (TPSA) is 112 Å². The number of nitrogens with zero attached hydrogens (tertiary/aromatic N) is 3. The Morgan fingerprint density at radius 1 is 1.38 bits per heavy atom. The highest BCUT2D eigenvalue weighted by Crippen LogP contribution is 2.29. The lowest BCUT2D eigenvalue weighted by Gasteiger charge is -2.30. The molecule has 2 aromatic rings. The Kier molecular flexibility index (Phi) is 4.03. The normalized spacial score (nSPS) is 13.3. The van der Waals surface area contributed by atoms with Gasteiger partial charge in [-0.1, -0.05) is 6.07 Å². The van der Waals surface area contributed by atoms with E-state index in [1.54, 1.807) is 7.11 Å². The van der Waals surface area contributed by atoms with E-state index in [1.165, 1.54) is 11.6 Å². The van der Waals surface area contributed by atoms with Gasteiger partial charge < -0.3 is 15.4 Å². The maximum atomic E-state index is 11.7. The molecule has 1 aliphatic heterocycles. The van der Waals surface area contributed by atoms with E-state index in [-0.39, 0.29) is 11.3 Å². The number of methoxy groups -OCH3 is 1. The lowest BCUT2D eigenvalue weighted by Crippen LogP contribution is -2.33. The molecule has 3 rings (SSSR count). The number of pyridine rings is 1. The van der Waals surface area contributed by atoms with Crippen molar-refractivity contribution in [1.82, 2.24) is 4.98 Å². The Morgan fingerprint density at radius 2 is 2.17 bits per heavy atom. The van der Waals surface area contributed by atoms with Crippen LogP contribution in [0, 0.1) is 10.1 Å². The number of ether oxygens (including phenoxy) is 1. The molecule has 8 heteroatoms. The Labute approximate surface area is 138 Å². The van der Waals surface area contributed by atoms with Crippen molar-refractivity contribution in [2.75, 3.05) is 18.6 Å². The van der Waals surface area contributed by atoms with Crippen LogP contribution in [0.3, 0.4) is 0 Å². The van der Waals surface area contributed by atoms with Gasteiger partial charge in [0.2, 0.25) is 0 Å². The van der Waals surface area contributed by atoms with E-state index < -0.39 is 10.8 Å². The molecule has 0 saturated heterocycles. The number of anilines is 1. The molecule has 0 saturated carbocycles. The first-order valence-corrected chi connectivity index (χ1v) is 7.34. The molecule has 0 unspecified atom stereocenters. The van der Waals surface area contributed by atoms with Crippen LogP contribution in [-0.2, 0) is 13.0 Å². The predicted octanol–water partition coefficient (Wildman–Crippen LogP) is 1.66. The number of amides is 1. The number of aromatic nitrogens is 1. The van der Waals surface area contributed by atoms with E-state index in [0.29, 0.717) is 18.9 Å². The van der Waals surface area contributed by atoms with Gasteiger partial charge in [0.05, 0.1) is 17.6 Å². The first-order chi connectivity index (χ1) is 11.5. The molecule has 1 aromatic heterocycles. The quantitative estimate of drug-likeness (QED) is 0.675. The number of primary amides is 1. The first kappa shape index (κ1) is 15.7. The fourth-order valence-corrected chi connectivity index (χ4v) is 2.82. The highest BCUT2D eigenvalue weighted by Gasteiger charge is 2.24. The van der Waals surface area contributed by atoms with Crippen molar-refractivity contribution < 1.29 is 14.5 Å². The zero-order valence-electron chi connectivity index (χ0n) is 13.1. The van der Waals surface area contributed by atoms with E-state index in [2.05, 4.69) is 4.98 Å². The van der Waals surface area contributed by atoms with Gasteiger partial charge in [-0.2, -0.15) is 0 Å². The molecule has 0 radical (unpaired) electrons. The second-order valence-corrected chi connectivity index (χ2v) is 5.49. The first-order valence-electron chi connectivity index (χ1n) is 7.34. The Balaban J connectivity index is 1.97. The third kappa shape index (κ3) is 2.85. The second-order valence-electron chi connectivity index (χ2n) is 5.49. The van der Waals surface area contributed by atoms with Crippen molar-refractivity contribution in [3.8, 4) is 5.75 Å². The van der Waals surface area contributed by atoms with Gasteiger partial charge in [0, 0.05) is 19.2 Å². The summed E-state index contributed by atoms with van der Waals surface area (Å²) in [6, 6.07) is 7.04. The summed E-state index contributed by atoms with van der Waals surface area (Å²) < 4.78 is 5.24. The van der Waals surface area contributed by atoms with Crippen LogP contribution in [0.25, 0.3) is 0 Å². The molecule has 124 valence electrons. The summed E-state index contributed by atoms with van der Waals surface area (Å²) >= 11 is 0. The standard InChI is InChI=1S/C16H16N4O4/c1-24-13-3-2-10-4-5-19(9-11(10)6-13)16-14(15(17)21)7-12(8-18-16)20(22)23/h2-3,6-8H,4-5,9H2,1H3,(H2,17,21). The summed E-state index contributed by atoms with van der Waals surface area (Å²) in [6.45, 7) is 1.17. The smallest absolute Gasteiger partial charge is 0.288 e. The molecule has 1 amide bonds. The highest BCUT2D eigenvalue weighted by molar-refractivity contribution is 5.98. The lowest BCUT2D eigenvalue weighted by atomic mass is 9.99. The van der Waals surface area contributed by atoms with E-state index in [4.69, 9.17) is 10.5 Å². The summed E-state index contributed by atoms with van der Waals surface area (Å²) in [7, 11) is 1.60. The average Bonchev–Trinajstić information content (AvgIpc) is 2.60. The van der Waals surface area contributed by atoms with E-state index in [0.717, 1.165) is 23.9 Å². The van der Waals surface area contributed by atoms with Crippen LogP contribution in [0.1, 0.15) is 21.5 Å². The van der Waals surface area contributed by atoms with Crippen molar-refractivity contribution in [2.24, 2.45) is 5.73 Å². The SMILES string of the molecule is COc1ccc2c(c1)CN(c1ncc([N+](=O)[O-])cc1C(N)=O)CC2. The summed E-state index contributed by atoms with van der Waals surface area (Å²) in [4.78, 5) is 28.0. The van der Waals surface area contributed by atoms with Crippen LogP contribution in [0.5, 0.6) is 5.75 Å². The van der Waals surface area contributed by atoms with Crippen molar-refractivity contribution >= 4 is 17.4 Å². The largest absolute Gasteiger partial charge is 0.497 e. The van der Waals surface area contributed by atoms with Crippen LogP contribution in [0.2, 0.25) is 0 Å². The molecule has 1 aromatic carbocycles. The summed E-state index contributed by atoms with van der Waals surface area (Å²) in [6.07, 6.45) is 1.92. The zero-order valence-corrected chi connectivity index (χ0v) is 13.1. The molecule has 8 nitrogen and oxygen atoms in total. The fraction of sp³-hybridized carbons (Fsp3) is 0.250. The minimum atomic E-state index is -0.738. The number of hydrogen-bond donors (Lipinski definition) is 1. The van der Waals surface area contributed by atoms with Crippen molar-refractivity contribution in [1.29, 1.82) is 0 Å². The maximum Gasteiger partial charge on any atom is 0.288 e. The number of hydrogen-bond acceptors (Lipinski definition) is 6. The Morgan fingerprint density at radius 3 is 2.83 bits per heavy atom. The maximum absolute atomic E-state index is 11.7. The van der Waals surface area contributed by atoms with Crippen molar-refractivity contribution in [3.05, 3.63) is 57.3 Å². The van der Waals surface area contributed by atoms with Gasteiger partial charge >= 0.3 is 0 Å².